The highest BCUT2D eigenvalue weighted by Crippen LogP contribution is 2.21. The lowest BCUT2D eigenvalue weighted by molar-refractivity contribution is -0.132. The molecular weight excluding hydrogens is 520 g/mol. The van der Waals surface area contributed by atoms with Crippen molar-refractivity contribution in [3.63, 3.8) is 0 Å². The van der Waals surface area contributed by atoms with Crippen molar-refractivity contribution < 1.29 is 19.7 Å². The van der Waals surface area contributed by atoms with Crippen molar-refractivity contribution in [2.45, 2.75) is 33.7 Å². The Kier molecular flexibility index (Phi) is 14.6. The fourth-order valence-corrected chi connectivity index (χ4v) is 3.43. The largest absolute Gasteiger partial charge is 0.508 e. The van der Waals surface area contributed by atoms with Gasteiger partial charge in [-0.2, -0.15) is 0 Å². The molecule has 0 radical (unpaired) electrons. The van der Waals surface area contributed by atoms with Crippen LogP contribution in [-0.2, 0) is 9.53 Å². The number of halogens is 1. The molecule has 0 saturated heterocycles. The summed E-state index contributed by atoms with van der Waals surface area (Å²) in [7, 11) is 5.16. The number of aromatic hydroxyl groups is 1. The van der Waals surface area contributed by atoms with Crippen molar-refractivity contribution in [2.75, 3.05) is 21.3 Å². The van der Waals surface area contributed by atoms with Crippen LogP contribution in [0.25, 0.3) is 5.57 Å². The molecule has 0 bridgehead atoms. The molecule has 0 unspecified atom stereocenters. The molecule has 0 saturated carbocycles. The highest BCUT2D eigenvalue weighted by Gasteiger charge is 2.14. The van der Waals surface area contributed by atoms with E-state index in [1.54, 1.807) is 50.9 Å². The van der Waals surface area contributed by atoms with Crippen LogP contribution in [0.2, 0.25) is 5.02 Å². The summed E-state index contributed by atoms with van der Waals surface area (Å²) in [5.74, 6) is 5.47. The minimum atomic E-state index is -0.908. The number of rotatable bonds is 5. The van der Waals surface area contributed by atoms with E-state index in [0.717, 1.165) is 22.4 Å². The monoisotopic (exact) mass is 554 g/mol. The molecule has 0 amide bonds. The first-order valence-electron chi connectivity index (χ1n) is 11.7. The van der Waals surface area contributed by atoms with Gasteiger partial charge in [0.25, 0.3) is 0 Å². The fourth-order valence-electron chi connectivity index (χ4n) is 2.82. The van der Waals surface area contributed by atoms with Gasteiger partial charge in [-0.25, -0.2) is 9.78 Å². The van der Waals surface area contributed by atoms with Crippen LogP contribution in [0.15, 0.2) is 76.8 Å². The molecule has 0 atom stereocenters. The van der Waals surface area contributed by atoms with Crippen LogP contribution in [-0.4, -0.2) is 53.4 Å². The Morgan fingerprint density at radius 1 is 1.08 bits per heavy atom. The SMILES string of the molecule is C/C(C(=O)O)=C(\C=C(/C)c1ccc(C#Cc2cscn2)cc1)N(C)C(C)C.COC.Oc1ccc(Cl)cc1. The highest BCUT2D eigenvalue weighted by molar-refractivity contribution is 7.07. The molecule has 2 aromatic carbocycles. The van der Waals surface area contributed by atoms with Crippen LogP contribution >= 0.6 is 22.9 Å². The molecule has 0 aliphatic rings. The zero-order valence-corrected chi connectivity index (χ0v) is 24.4. The second-order valence-electron chi connectivity index (χ2n) is 8.43. The van der Waals surface area contributed by atoms with Crippen LogP contribution in [0.5, 0.6) is 5.75 Å². The third kappa shape index (κ3) is 11.7. The molecule has 38 heavy (non-hydrogen) atoms. The molecule has 0 spiro atoms. The predicted octanol–water partition coefficient (Wildman–Crippen LogP) is 6.95. The van der Waals surface area contributed by atoms with E-state index >= 15 is 0 Å². The topological polar surface area (TPSA) is 82.9 Å². The smallest absolute Gasteiger partial charge is 0.333 e. The summed E-state index contributed by atoms with van der Waals surface area (Å²) < 4.78 is 4.25. The van der Waals surface area contributed by atoms with Gasteiger partial charge in [0.1, 0.15) is 11.4 Å². The number of aliphatic carboxylic acids is 1. The van der Waals surface area contributed by atoms with Gasteiger partial charge < -0.3 is 19.8 Å². The van der Waals surface area contributed by atoms with Gasteiger partial charge in [0, 0.05) is 49.0 Å². The van der Waals surface area contributed by atoms with Crippen LogP contribution in [0, 0.1) is 11.8 Å². The summed E-state index contributed by atoms with van der Waals surface area (Å²) in [6.45, 7) is 7.69. The lowest BCUT2D eigenvalue weighted by Crippen LogP contribution is -2.27. The van der Waals surface area contributed by atoms with Gasteiger partial charge in [-0.3, -0.25) is 0 Å². The van der Waals surface area contributed by atoms with Crippen molar-refractivity contribution in [2.24, 2.45) is 0 Å². The van der Waals surface area contributed by atoms with Gasteiger partial charge in [0.05, 0.1) is 11.1 Å². The van der Waals surface area contributed by atoms with E-state index < -0.39 is 5.97 Å². The Bertz CT molecular complexity index is 1230. The molecule has 0 aliphatic carbocycles. The standard InChI is InChI=1S/C22H24N2O2S.C6H5ClO.C2H6O/c1-15(2)24(5)21(17(4)22(25)26)12-16(3)19-9-6-18(7-10-19)8-11-20-13-27-14-23-20;7-5-1-3-6(8)4-2-5;1-3-2/h6-7,9-10,12-15H,1-5H3,(H,25,26);1-4,8H;1-2H3/b16-12+,21-17-;;. The number of nitrogens with zero attached hydrogens (tertiary/aromatic N) is 2. The molecule has 1 aromatic heterocycles. The van der Waals surface area contributed by atoms with E-state index in [0.29, 0.717) is 16.3 Å². The summed E-state index contributed by atoms with van der Waals surface area (Å²) in [5.41, 5.74) is 6.52. The highest BCUT2D eigenvalue weighted by atomic mass is 35.5. The van der Waals surface area contributed by atoms with E-state index in [1.807, 2.05) is 68.4 Å². The van der Waals surface area contributed by atoms with Gasteiger partial charge in [-0.15, -0.1) is 11.3 Å². The van der Waals surface area contributed by atoms with E-state index in [2.05, 4.69) is 21.6 Å². The zero-order chi connectivity index (χ0) is 28.7. The van der Waals surface area contributed by atoms with Gasteiger partial charge in [0.15, 0.2) is 0 Å². The summed E-state index contributed by atoms with van der Waals surface area (Å²) in [5, 5.41) is 20.7. The summed E-state index contributed by atoms with van der Waals surface area (Å²) in [6, 6.07) is 14.5. The molecule has 3 rings (SSSR count). The number of carboxylic acids is 1. The molecule has 8 heteroatoms. The second-order valence-corrected chi connectivity index (χ2v) is 9.59. The van der Waals surface area contributed by atoms with Crippen LogP contribution < -0.4 is 0 Å². The zero-order valence-electron chi connectivity index (χ0n) is 22.8. The number of thiazole rings is 1. The number of carboxylic acid groups (broad SMARTS) is 1. The molecule has 202 valence electrons. The average Bonchev–Trinajstić information content (AvgIpc) is 3.41. The summed E-state index contributed by atoms with van der Waals surface area (Å²) in [4.78, 5) is 17.6. The Morgan fingerprint density at radius 2 is 1.66 bits per heavy atom. The number of likely N-dealkylation sites (N-methyl/N-ethyl adjacent to an activating group) is 1. The van der Waals surface area contributed by atoms with E-state index in [1.165, 1.54) is 11.3 Å². The first kappa shape index (κ1) is 32.5. The Hall–Kier alpha value is -3.57. The van der Waals surface area contributed by atoms with Crippen molar-refractivity contribution >= 4 is 34.5 Å². The lowest BCUT2D eigenvalue weighted by Gasteiger charge is -2.26. The molecule has 0 fully saturated rings. The maximum absolute atomic E-state index is 11.5. The van der Waals surface area contributed by atoms with Crippen LogP contribution in [0.1, 0.15) is 44.5 Å². The summed E-state index contributed by atoms with van der Waals surface area (Å²) in [6.07, 6.45) is 1.93. The van der Waals surface area contributed by atoms with Crippen molar-refractivity contribution in [3.05, 3.63) is 98.6 Å². The second kappa shape index (κ2) is 17.0. The average molecular weight is 555 g/mol. The number of hydrogen-bond donors (Lipinski definition) is 2. The molecule has 3 aromatic rings. The minimum Gasteiger partial charge on any atom is -0.508 e. The Balaban J connectivity index is 0.000000545. The van der Waals surface area contributed by atoms with E-state index in [-0.39, 0.29) is 11.8 Å². The fraction of sp³-hybridized carbons (Fsp3) is 0.267. The maximum atomic E-state index is 11.5. The van der Waals surface area contributed by atoms with Crippen molar-refractivity contribution in [1.29, 1.82) is 0 Å². The van der Waals surface area contributed by atoms with E-state index in [4.69, 9.17) is 16.7 Å². The Labute approximate surface area is 234 Å². The van der Waals surface area contributed by atoms with Crippen molar-refractivity contribution in [3.8, 4) is 17.6 Å². The number of ether oxygens (including phenoxy) is 1. The summed E-state index contributed by atoms with van der Waals surface area (Å²) >= 11 is 7.02. The van der Waals surface area contributed by atoms with Gasteiger partial charge in [-0.1, -0.05) is 29.7 Å². The molecular formula is C30H35ClN2O4S. The third-order valence-electron chi connectivity index (χ3n) is 5.15. The van der Waals surface area contributed by atoms with Gasteiger partial charge >= 0.3 is 5.97 Å². The van der Waals surface area contributed by atoms with Crippen LogP contribution in [0.4, 0.5) is 0 Å². The molecule has 6 nitrogen and oxygen atoms in total. The lowest BCUT2D eigenvalue weighted by atomic mass is 10.0. The van der Waals surface area contributed by atoms with Gasteiger partial charge in [-0.05, 0) is 87.2 Å². The first-order valence-corrected chi connectivity index (χ1v) is 13.0. The van der Waals surface area contributed by atoms with E-state index in [9.17, 15) is 9.90 Å². The number of aromatic nitrogens is 1. The van der Waals surface area contributed by atoms with Crippen molar-refractivity contribution in [1.82, 2.24) is 9.88 Å². The van der Waals surface area contributed by atoms with Crippen LogP contribution in [0.3, 0.4) is 0 Å². The number of phenols is 1. The minimum absolute atomic E-state index is 0.196. The Morgan fingerprint density at radius 3 is 2.11 bits per heavy atom. The quantitative estimate of drug-likeness (QED) is 0.202. The predicted molar refractivity (Wildman–Crippen MR) is 157 cm³/mol. The number of carbonyl (C=O) groups is 1. The molecule has 0 aliphatic heterocycles. The number of methoxy groups -OCH3 is 1. The first-order chi connectivity index (χ1) is 18.0. The molecule has 1 heterocycles. The number of phenolic OH excluding ortho intramolecular Hbond substituents is 1. The molecule has 2 N–H and O–H groups in total. The number of hydrogen-bond acceptors (Lipinski definition) is 6. The third-order valence-corrected chi connectivity index (χ3v) is 5.99. The number of allylic oxidation sites excluding steroid dienone is 2. The normalized spacial score (nSPS) is 11.1. The maximum Gasteiger partial charge on any atom is 0.333 e. The van der Waals surface area contributed by atoms with Gasteiger partial charge in [0.2, 0.25) is 0 Å². The number of benzene rings is 2.